The number of pyridine rings is 1. The van der Waals surface area contributed by atoms with Gasteiger partial charge in [0.2, 0.25) is 0 Å². The second kappa shape index (κ2) is 16.8. The topological polar surface area (TPSA) is 55.6 Å². The van der Waals surface area contributed by atoms with Crippen LogP contribution in [0, 0.1) is 0 Å². The summed E-state index contributed by atoms with van der Waals surface area (Å²) in [7, 11) is 0. The van der Waals surface area contributed by atoms with E-state index in [-0.39, 0.29) is 10.8 Å². The lowest BCUT2D eigenvalue weighted by Gasteiger charge is -2.32. The number of benzene rings is 11. The molecule has 0 saturated heterocycles. The molecular formula is C83H60N2O3. The predicted octanol–water partition coefficient (Wildman–Crippen LogP) is 22.8. The summed E-state index contributed by atoms with van der Waals surface area (Å²) in [4.78, 5) is 7.47. The molecule has 4 aliphatic rings. The molecule has 0 bridgehead atoms. The van der Waals surface area contributed by atoms with Gasteiger partial charge in [-0.2, -0.15) is 0 Å². The van der Waals surface area contributed by atoms with Crippen molar-refractivity contribution in [3.8, 4) is 66.9 Å². The van der Waals surface area contributed by atoms with E-state index >= 15 is 0 Å². The average molecular weight is 1130 g/mol. The van der Waals surface area contributed by atoms with Gasteiger partial charge in [0.25, 0.3) is 0 Å². The van der Waals surface area contributed by atoms with Crippen molar-refractivity contribution in [2.75, 3.05) is 4.90 Å². The highest BCUT2D eigenvalue weighted by atomic mass is 16.3. The highest BCUT2D eigenvalue weighted by Crippen LogP contribution is 2.65. The van der Waals surface area contributed by atoms with Gasteiger partial charge >= 0.3 is 0 Å². The average Bonchev–Trinajstić information content (AvgIpc) is 1.57. The van der Waals surface area contributed by atoms with Gasteiger partial charge in [-0.15, -0.1) is 0 Å². The molecule has 0 unspecified atom stereocenters. The van der Waals surface area contributed by atoms with Crippen molar-refractivity contribution in [3.63, 3.8) is 0 Å². The molecule has 0 amide bonds. The Labute approximate surface area is 510 Å². The number of fused-ring (bicyclic) bond motifs is 26. The number of hydrogen-bond donors (Lipinski definition) is 0. The predicted molar refractivity (Wildman–Crippen MR) is 362 cm³/mol. The molecule has 0 saturated carbocycles. The van der Waals surface area contributed by atoms with Gasteiger partial charge in [0.05, 0.1) is 5.69 Å². The maximum absolute atomic E-state index is 7.10. The molecular weight excluding hydrogens is 1070 g/mol. The highest BCUT2D eigenvalue weighted by molar-refractivity contribution is 6.23. The minimum Gasteiger partial charge on any atom is -0.455 e. The van der Waals surface area contributed by atoms with Crippen LogP contribution in [0.15, 0.2) is 232 Å². The van der Waals surface area contributed by atoms with Crippen molar-refractivity contribution in [1.82, 2.24) is 4.98 Å². The van der Waals surface area contributed by atoms with Gasteiger partial charge in [-0.05, 0) is 168 Å². The number of anilines is 3. The molecule has 4 aromatic heterocycles. The zero-order valence-electron chi connectivity index (χ0n) is 50.4. The highest BCUT2D eigenvalue weighted by Gasteiger charge is 2.49. The number of furan rings is 3. The van der Waals surface area contributed by atoms with E-state index in [1.54, 1.807) is 0 Å². The molecule has 4 heterocycles. The summed E-state index contributed by atoms with van der Waals surface area (Å²) in [5, 5.41) is 6.91. The summed E-state index contributed by atoms with van der Waals surface area (Å²) in [6.07, 6.45) is 1.88. The summed E-state index contributed by atoms with van der Waals surface area (Å²) >= 11 is 0. The number of aromatic nitrogens is 1. The van der Waals surface area contributed by atoms with Crippen LogP contribution >= 0.6 is 0 Å². The second-order valence-electron chi connectivity index (χ2n) is 27.3. The summed E-state index contributed by atoms with van der Waals surface area (Å²) < 4.78 is 20.9. The van der Waals surface area contributed by atoms with Crippen LogP contribution in [0.25, 0.3) is 133 Å². The lowest BCUT2D eigenvalue weighted by atomic mass is 9.72. The molecule has 5 nitrogen and oxygen atoms in total. The molecule has 5 heteroatoms. The summed E-state index contributed by atoms with van der Waals surface area (Å²) in [6.45, 7) is 19.4. The zero-order valence-corrected chi connectivity index (χ0v) is 50.4. The lowest BCUT2D eigenvalue weighted by molar-refractivity contribution is 0.600. The molecule has 4 aliphatic carbocycles. The van der Waals surface area contributed by atoms with E-state index in [9.17, 15) is 0 Å². The van der Waals surface area contributed by atoms with Gasteiger partial charge in [0, 0.05) is 93.9 Å². The maximum atomic E-state index is 7.10. The first-order valence-electron chi connectivity index (χ1n) is 31.0. The van der Waals surface area contributed by atoms with E-state index in [4.69, 9.17) is 18.2 Å². The maximum Gasteiger partial charge on any atom is 0.145 e. The van der Waals surface area contributed by atoms with Crippen LogP contribution in [0.4, 0.5) is 17.1 Å². The molecule has 88 heavy (non-hydrogen) atoms. The molecule has 0 spiro atoms. The first-order valence-corrected chi connectivity index (χ1v) is 31.0. The third kappa shape index (κ3) is 6.23. The van der Waals surface area contributed by atoms with Gasteiger partial charge in [0.15, 0.2) is 0 Å². The first kappa shape index (κ1) is 50.0. The smallest absolute Gasteiger partial charge is 0.145 e. The number of rotatable bonds is 5. The van der Waals surface area contributed by atoms with E-state index in [1.807, 2.05) is 12.3 Å². The van der Waals surface area contributed by atoms with Crippen molar-refractivity contribution in [2.24, 2.45) is 0 Å². The molecule has 19 rings (SSSR count). The Bertz CT molecular complexity index is 5400. The van der Waals surface area contributed by atoms with Crippen molar-refractivity contribution in [3.05, 3.63) is 263 Å². The molecule has 11 aromatic carbocycles. The van der Waals surface area contributed by atoms with Crippen LogP contribution < -0.4 is 4.90 Å². The van der Waals surface area contributed by atoms with Crippen LogP contribution in [0.2, 0.25) is 0 Å². The Morgan fingerprint density at radius 3 is 1.28 bits per heavy atom. The van der Waals surface area contributed by atoms with Gasteiger partial charge in [-0.1, -0.05) is 189 Å². The van der Waals surface area contributed by atoms with Crippen molar-refractivity contribution < 1.29 is 13.3 Å². The van der Waals surface area contributed by atoms with Crippen LogP contribution in [-0.2, 0) is 21.7 Å². The van der Waals surface area contributed by atoms with Crippen molar-refractivity contribution in [2.45, 2.75) is 77.0 Å². The Morgan fingerprint density at radius 1 is 0.307 bits per heavy atom. The lowest BCUT2D eigenvalue weighted by Crippen LogP contribution is -2.24. The van der Waals surface area contributed by atoms with Crippen LogP contribution in [0.3, 0.4) is 0 Å². The van der Waals surface area contributed by atoms with E-state index in [2.05, 4.69) is 267 Å². The molecule has 0 fully saturated rings. The van der Waals surface area contributed by atoms with Crippen LogP contribution in [-0.4, -0.2) is 4.98 Å². The third-order valence-corrected chi connectivity index (χ3v) is 21.2. The fourth-order valence-corrected chi connectivity index (χ4v) is 17.1. The Kier molecular flexibility index (Phi) is 9.56. The van der Waals surface area contributed by atoms with E-state index in [0.717, 1.165) is 94.5 Å². The standard InChI is InChI=1S/C83H60N2O3/c1-80(2)59-40-46(33-36-50(59)68-62(80)43-56(45-22-10-9-11-23-45)77-71(68)53-25-13-17-30-65(53)86-77)85(47-34-37-51-60(41-47)81(3,4)63-44-57(64-29-20-21-39-84-64)78-72(69(51)63)54-26-14-18-31-66(54)87-78)48-35-38-52-61(42-48)83(7,8)75-70(52)73-55-27-15-19-32-67(55)88-79(73)74-49-24-12-16-28-58(49)82(5,6)76(74)75/h9-44H,1-8H3. The minimum atomic E-state index is -0.399. The van der Waals surface area contributed by atoms with Gasteiger partial charge in [-0.25, -0.2) is 0 Å². The number of nitrogens with zero attached hydrogens (tertiary/aromatic N) is 2. The van der Waals surface area contributed by atoms with Gasteiger partial charge < -0.3 is 18.2 Å². The van der Waals surface area contributed by atoms with E-state index in [0.29, 0.717) is 0 Å². The number of hydrogen-bond acceptors (Lipinski definition) is 5. The molecule has 0 aliphatic heterocycles. The fraction of sp³-hybridized carbons (Fsp3) is 0.145. The quantitative estimate of drug-likeness (QED) is 0.172. The van der Waals surface area contributed by atoms with Gasteiger partial charge in [0.1, 0.15) is 33.5 Å². The fourth-order valence-electron chi connectivity index (χ4n) is 17.1. The third-order valence-electron chi connectivity index (χ3n) is 21.2. The van der Waals surface area contributed by atoms with Crippen LogP contribution in [0.1, 0.15) is 99.9 Å². The molecule has 15 aromatic rings. The van der Waals surface area contributed by atoms with Crippen LogP contribution in [0.5, 0.6) is 0 Å². The van der Waals surface area contributed by atoms with Crippen molar-refractivity contribution >= 4 is 82.9 Å². The summed E-state index contributed by atoms with van der Waals surface area (Å²) in [5.74, 6) is 0. The molecule has 0 radical (unpaired) electrons. The molecule has 0 N–H and O–H groups in total. The van der Waals surface area contributed by atoms with E-state index < -0.39 is 10.8 Å². The Morgan fingerprint density at radius 2 is 0.727 bits per heavy atom. The molecule has 0 atom stereocenters. The van der Waals surface area contributed by atoms with E-state index in [1.165, 1.54) is 99.8 Å². The minimum absolute atomic E-state index is 0.274. The Hall–Kier alpha value is -10.2. The summed E-state index contributed by atoms with van der Waals surface area (Å²) in [6, 6.07) is 78.3. The summed E-state index contributed by atoms with van der Waals surface area (Å²) in [5.41, 5.74) is 32.0. The largest absolute Gasteiger partial charge is 0.455 e. The molecule has 420 valence electrons. The first-order chi connectivity index (χ1) is 42.7. The van der Waals surface area contributed by atoms with Gasteiger partial charge in [-0.3, -0.25) is 4.98 Å². The Balaban J connectivity index is 0.855. The SMILES string of the molecule is CC1(C)c2cc(N(c3ccc4c(c3)C(C)(C)c3cc(-c5ccccn5)c5oc6ccccc6c5c3-4)c3ccc4c(c3)C(C)(C)c3c5c(c6oc7ccccc7c6c3-4)-c3ccccc3C5(C)C)ccc2-c2c1cc(-c1ccccc1)c1oc3ccccc3c21. The second-order valence-corrected chi connectivity index (χ2v) is 27.3. The monoisotopic (exact) mass is 1130 g/mol. The normalized spacial score (nSPS) is 15.6. The number of para-hydroxylation sites is 3. The van der Waals surface area contributed by atoms with Crippen molar-refractivity contribution in [1.29, 1.82) is 0 Å². The zero-order chi connectivity index (χ0) is 59.1.